The van der Waals surface area contributed by atoms with Gasteiger partial charge in [-0.1, -0.05) is 6.92 Å². The summed E-state index contributed by atoms with van der Waals surface area (Å²) in [5, 5.41) is 9.45. The Morgan fingerprint density at radius 1 is 1.56 bits per heavy atom. The van der Waals surface area contributed by atoms with Crippen LogP contribution in [0.25, 0.3) is 0 Å². The maximum Gasteiger partial charge on any atom is 0.310 e. The fourth-order valence-corrected chi connectivity index (χ4v) is 2.88. The smallest absolute Gasteiger partial charge is 0.310 e. The molecule has 16 heavy (non-hydrogen) atoms. The van der Waals surface area contributed by atoms with Crippen molar-refractivity contribution in [2.45, 2.75) is 25.4 Å². The molecular weight excluding hydrogens is 210 g/mol. The maximum absolute atomic E-state index is 12.1. The lowest BCUT2D eigenvalue weighted by Gasteiger charge is -2.39. The minimum Gasteiger partial charge on any atom is -0.446 e. The molecule has 2 fully saturated rings. The second-order valence-electron chi connectivity index (χ2n) is 4.61. The summed E-state index contributed by atoms with van der Waals surface area (Å²) >= 11 is 0. The quantitative estimate of drug-likeness (QED) is 0.662. The third-order valence-electron chi connectivity index (χ3n) is 3.83. The monoisotopic (exact) mass is 227 g/mol. The minimum atomic E-state index is -1.30. The fraction of sp³-hybridized carbons (Fsp3) is 0.818. The highest BCUT2D eigenvalue weighted by atomic mass is 16.6. The topological polar surface area (TPSA) is 66.8 Å². The van der Waals surface area contributed by atoms with Crippen LogP contribution in [0, 0.1) is 11.8 Å². The molecule has 5 nitrogen and oxygen atoms in total. The molecule has 0 saturated carbocycles. The Bertz CT molecular complexity index is 330. The zero-order valence-corrected chi connectivity index (χ0v) is 9.60. The van der Waals surface area contributed by atoms with Crippen molar-refractivity contribution in [1.29, 1.82) is 0 Å². The van der Waals surface area contributed by atoms with Crippen molar-refractivity contribution in [1.82, 2.24) is 4.90 Å². The molecule has 0 aromatic rings. The standard InChI is InChI=1S/C11H17NO4/c1-3-7-8-4-5-12(2)10(15)11(8,6-13)16-9(7)14/h7-8,13H,3-6H2,1-2H3. The number of piperidine rings is 1. The molecule has 3 atom stereocenters. The molecule has 1 N–H and O–H groups in total. The van der Waals surface area contributed by atoms with Crippen molar-refractivity contribution < 1.29 is 19.4 Å². The number of likely N-dealkylation sites (N-methyl/N-ethyl adjacent to an activating group) is 1. The van der Waals surface area contributed by atoms with Crippen molar-refractivity contribution in [2.24, 2.45) is 11.8 Å². The molecule has 90 valence electrons. The summed E-state index contributed by atoms with van der Waals surface area (Å²) in [5.41, 5.74) is -1.30. The van der Waals surface area contributed by atoms with E-state index in [9.17, 15) is 14.7 Å². The van der Waals surface area contributed by atoms with Gasteiger partial charge in [-0.3, -0.25) is 9.59 Å². The lowest BCUT2D eigenvalue weighted by molar-refractivity contribution is -0.175. The summed E-state index contributed by atoms with van der Waals surface area (Å²) < 4.78 is 5.21. The van der Waals surface area contributed by atoms with Crippen LogP contribution < -0.4 is 0 Å². The van der Waals surface area contributed by atoms with Gasteiger partial charge in [0.05, 0.1) is 12.5 Å². The van der Waals surface area contributed by atoms with Gasteiger partial charge in [-0.15, -0.1) is 0 Å². The molecule has 0 aromatic heterocycles. The zero-order chi connectivity index (χ0) is 11.9. The van der Waals surface area contributed by atoms with Crippen LogP contribution in [0.4, 0.5) is 0 Å². The van der Waals surface area contributed by atoms with Gasteiger partial charge in [0, 0.05) is 19.5 Å². The first-order valence-electron chi connectivity index (χ1n) is 5.66. The van der Waals surface area contributed by atoms with Crippen molar-refractivity contribution in [3.8, 4) is 0 Å². The molecule has 0 spiro atoms. The Morgan fingerprint density at radius 2 is 2.25 bits per heavy atom. The lowest BCUT2D eigenvalue weighted by atomic mass is 9.75. The van der Waals surface area contributed by atoms with E-state index in [4.69, 9.17) is 4.74 Å². The van der Waals surface area contributed by atoms with Crippen molar-refractivity contribution in [2.75, 3.05) is 20.2 Å². The first-order valence-corrected chi connectivity index (χ1v) is 5.66. The number of nitrogens with zero attached hydrogens (tertiary/aromatic N) is 1. The average Bonchev–Trinajstić information content (AvgIpc) is 2.57. The van der Waals surface area contributed by atoms with Crippen LogP contribution in [0.5, 0.6) is 0 Å². The highest BCUT2D eigenvalue weighted by Gasteiger charge is 2.61. The number of fused-ring (bicyclic) bond motifs is 1. The summed E-state index contributed by atoms with van der Waals surface area (Å²) in [7, 11) is 1.67. The third kappa shape index (κ3) is 1.27. The number of amides is 1. The molecule has 3 unspecified atom stereocenters. The van der Waals surface area contributed by atoms with Gasteiger partial charge in [-0.25, -0.2) is 0 Å². The molecule has 1 amide bonds. The molecule has 0 aliphatic carbocycles. The number of rotatable bonds is 2. The Morgan fingerprint density at radius 3 is 2.81 bits per heavy atom. The minimum absolute atomic E-state index is 0.168. The van der Waals surface area contributed by atoms with Crippen LogP contribution >= 0.6 is 0 Å². The lowest BCUT2D eigenvalue weighted by Crippen LogP contribution is -2.58. The summed E-state index contributed by atoms with van der Waals surface area (Å²) in [6.45, 7) is 2.11. The third-order valence-corrected chi connectivity index (χ3v) is 3.83. The van der Waals surface area contributed by atoms with Gasteiger partial charge in [0.25, 0.3) is 5.91 Å². The van der Waals surface area contributed by atoms with E-state index in [0.717, 1.165) is 0 Å². The second-order valence-corrected chi connectivity index (χ2v) is 4.61. The van der Waals surface area contributed by atoms with Gasteiger partial charge in [-0.2, -0.15) is 0 Å². The Kier molecular flexibility index (Phi) is 2.66. The molecule has 2 aliphatic rings. The van der Waals surface area contributed by atoms with Gasteiger partial charge in [-0.05, 0) is 12.8 Å². The number of aliphatic hydroxyl groups excluding tert-OH is 1. The highest BCUT2D eigenvalue weighted by molar-refractivity contribution is 5.93. The number of carbonyl (C=O) groups excluding carboxylic acids is 2. The molecule has 5 heteroatoms. The molecule has 2 heterocycles. The number of ether oxygens (including phenoxy) is 1. The van der Waals surface area contributed by atoms with Crippen LogP contribution in [0.1, 0.15) is 19.8 Å². The van der Waals surface area contributed by atoms with Crippen LogP contribution in [-0.2, 0) is 14.3 Å². The molecular formula is C11H17NO4. The number of carbonyl (C=O) groups is 2. The van der Waals surface area contributed by atoms with Crippen LogP contribution in [0.3, 0.4) is 0 Å². The largest absolute Gasteiger partial charge is 0.446 e. The first kappa shape index (κ1) is 11.4. The van der Waals surface area contributed by atoms with E-state index < -0.39 is 12.2 Å². The van der Waals surface area contributed by atoms with Gasteiger partial charge < -0.3 is 14.7 Å². The van der Waals surface area contributed by atoms with E-state index in [1.807, 2.05) is 6.92 Å². The van der Waals surface area contributed by atoms with Crippen LogP contribution in [0.15, 0.2) is 0 Å². The van der Waals surface area contributed by atoms with Gasteiger partial charge in [0.1, 0.15) is 0 Å². The molecule has 2 rings (SSSR count). The molecule has 2 saturated heterocycles. The second kappa shape index (κ2) is 3.73. The molecule has 0 aromatic carbocycles. The van der Waals surface area contributed by atoms with Crippen molar-refractivity contribution >= 4 is 11.9 Å². The summed E-state index contributed by atoms with van der Waals surface area (Å²) in [4.78, 5) is 25.3. The normalized spacial score (nSPS) is 38.6. The van der Waals surface area contributed by atoms with Gasteiger partial charge in [0.15, 0.2) is 0 Å². The van der Waals surface area contributed by atoms with Crippen LogP contribution in [0.2, 0.25) is 0 Å². The number of esters is 1. The number of aliphatic hydroxyl groups is 1. The Labute approximate surface area is 94.4 Å². The number of hydrogen-bond donors (Lipinski definition) is 1. The Hall–Kier alpha value is -1.10. The highest BCUT2D eigenvalue weighted by Crippen LogP contribution is 2.44. The van der Waals surface area contributed by atoms with Gasteiger partial charge in [0.2, 0.25) is 5.60 Å². The van der Waals surface area contributed by atoms with E-state index in [1.54, 1.807) is 7.05 Å². The van der Waals surface area contributed by atoms with Gasteiger partial charge >= 0.3 is 5.97 Å². The van der Waals surface area contributed by atoms with E-state index >= 15 is 0 Å². The molecule has 0 radical (unpaired) electrons. The van der Waals surface area contributed by atoms with E-state index in [1.165, 1.54) is 4.90 Å². The van der Waals surface area contributed by atoms with Crippen molar-refractivity contribution in [3.05, 3.63) is 0 Å². The SMILES string of the molecule is CCC1C(=O)OC2(CO)C(=O)N(C)CCC12. The summed E-state index contributed by atoms with van der Waals surface area (Å²) in [5.74, 6) is -1.02. The van der Waals surface area contributed by atoms with E-state index in [2.05, 4.69) is 0 Å². The fourth-order valence-electron chi connectivity index (χ4n) is 2.88. The van der Waals surface area contributed by atoms with E-state index in [-0.39, 0.29) is 23.7 Å². The summed E-state index contributed by atoms with van der Waals surface area (Å²) in [6, 6.07) is 0. The predicted octanol–water partition coefficient (Wildman–Crippen LogP) is -0.221. The molecule has 0 bridgehead atoms. The summed E-state index contributed by atoms with van der Waals surface area (Å²) in [6.07, 6.45) is 1.37. The Balaban J connectivity index is 2.38. The van der Waals surface area contributed by atoms with Crippen LogP contribution in [-0.4, -0.2) is 47.7 Å². The number of likely N-dealkylation sites (tertiary alicyclic amines) is 1. The average molecular weight is 227 g/mol. The maximum atomic E-state index is 12.1. The van der Waals surface area contributed by atoms with Crippen molar-refractivity contribution in [3.63, 3.8) is 0 Å². The first-order chi connectivity index (χ1) is 7.56. The number of hydrogen-bond acceptors (Lipinski definition) is 4. The van der Waals surface area contributed by atoms with E-state index in [0.29, 0.717) is 19.4 Å². The predicted molar refractivity (Wildman–Crippen MR) is 55.4 cm³/mol. The molecule has 2 aliphatic heterocycles. The zero-order valence-electron chi connectivity index (χ0n) is 9.60.